The number of benzene rings is 1. The third-order valence-corrected chi connectivity index (χ3v) is 3.41. The molecule has 2 aromatic rings. The number of nitrogens with one attached hydrogen (secondary N) is 1. The van der Waals surface area contributed by atoms with Crippen molar-refractivity contribution >= 4 is 16.8 Å². The van der Waals surface area contributed by atoms with Crippen LogP contribution in [-0.4, -0.2) is 28.9 Å². The van der Waals surface area contributed by atoms with Crippen molar-refractivity contribution in [2.24, 2.45) is 0 Å². The van der Waals surface area contributed by atoms with Crippen molar-refractivity contribution in [1.82, 2.24) is 9.88 Å². The third-order valence-electron chi connectivity index (χ3n) is 3.41. The number of aromatic amines is 1. The van der Waals surface area contributed by atoms with Gasteiger partial charge < -0.3 is 9.88 Å². The molecule has 1 heterocycles. The molecule has 1 aromatic heterocycles. The minimum atomic E-state index is -0.0175. The Hall–Kier alpha value is -2.29. The third kappa shape index (κ3) is 2.52. The number of amides is 1. The minimum absolute atomic E-state index is 0.0175. The standard InChI is InChI=1S/C17H20N2O/c1-5-9-19(10-6-2)17(20)16-13(4)14-11-12(3)7-8-15(14)18-16/h5-8,11,18H,1-2,9-10H2,3-4H3. The predicted molar refractivity (Wildman–Crippen MR) is 84.1 cm³/mol. The largest absolute Gasteiger partial charge is 0.350 e. The molecule has 0 spiro atoms. The zero-order chi connectivity index (χ0) is 14.7. The Kier molecular flexibility index (Phi) is 4.08. The molecule has 0 fully saturated rings. The lowest BCUT2D eigenvalue weighted by Gasteiger charge is -2.18. The fraction of sp³-hybridized carbons (Fsp3) is 0.235. The number of carbonyl (C=O) groups excluding carboxylic acids is 1. The van der Waals surface area contributed by atoms with Crippen LogP contribution in [0.1, 0.15) is 21.6 Å². The number of aryl methyl sites for hydroxylation is 2. The van der Waals surface area contributed by atoms with E-state index in [4.69, 9.17) is 0 Å². The average molecular weight is 268 g/mol. The smallest absolute Gasteiger partial charge is 0.271 e. The minimum Gasteiger partial charge on any atom is -0.350 e. The van der Waals surface area contributed by atoms with Crippen LogP contribution in [0.15, 0.2) is 43.5 Å². The SMILES string of the molecule is C=CCN(CC=C)C(=O)c1[nH]c2ccc(C)cc2c1C. The predicted octanol–water partition coefficient (Wildman–Crippen LogP) is 3.60. The van der Waals surface area contributed by atoms with Gasteiger partial charge in [-0.05, 0) is 31.5 Å². The van der Waals surface area contributed by atoms with Crippen molar-refractivity contribution in [2.45, 2.75) is 13.8 Å². The van der Waals surface area contributed by atoms with E-state index in [1.165, 1.54) is 5.56 Å². The molecule has 0 saturated heterocycles. The van der Waals surface area contributed by atoms with Gasteiger partial charge in [-0.15, -0.1) is 13.2 Å². The van der Waals surface area contributed by atoms with Crippen LogP contribution in [0.3, 0.4) is 0 Å². The maximum absolute atomic E-state index is 12.6. The first kappa shape index (κ1) is 14.1. The van der Waals surface area contributed by atoms with Crippen LogP contribution in [0.2, 0.25) is 0 Å². The van der Waals surface area contributed by atoms with Crippen LogP contribution in [-0.2, 0) is 0 Å². The van der Waals surface area contributed by atoms with E-state index in [2.05, 4.69) is 31.1 Å². The highest BCUT2D eigenvalue weighted by molar-refractivity contribution is 6.01. The Morgan fingerprint density at radius 2 is 1.90 bits per heavy atom. The Balaban J connectivity index is 2.45. The summed E-state index contributed by atoms with van der Waals surface area (Å²) in [5, 5.41) is 1.10. The first-order chi connectivity index (χ1) is 9.58. The van der Waals surface area contributed by atoms with Crippen molar-refractivity contribution in [3.63, 3.8) is 0 Å². The van der Waals surface area contributed by atoms with Crippen molar-refractivity contribution in [1.29, 1.82) is 0 Å². The molecule has 104 valence electrons. The van der Waals surface area contributed by atoms with Crippen molar-refractivity contribution in [3.8, 4) is 0 Å². The molecule has 0 radical (unpaired) electrons. The fourth-order valence-electron chi connectivity index (χ4n) is 2.36. The molecule has 3 heteroatoms. The fourth-order valence-corrected chi connectivity index (χ4v) is 2.36. The van der Waals surface area contributed by atoms with E-state index in [0.717, 1.165) is 16.5 Å². The van der Waals surface area contributed by atoms with Crippen molar-refractivity contribution in [2.75, 3.05) is 13.1 Å². The number of H-pyrrole nitrogens is 1. The zero-order valence-electron chi connectivity index (χ0n) is 12.1. The van der Waals surface area contributed by atoms with E-state index in [1.54, 1.807) is 17.1 Å². The Labute approximate surface area is 119 Å². The van der Waals surface area contributed by atoms with E-state index < -0.39 is 0 Å². The molecule has 1 N–H and O–H groups in total. The van der Waals surface area contributed by atoms with Gasteiger partial charge in [-0.1, -0.05) is 23.8 Å². The van der Waals surface area contributed by atoms with Crippen LogP contribution >= 0.6 is 0 Å². The molecule has 0 unspecified atom stereocenters. The highest BCUT2D eigenvalue weighted by Gasteiger charge is 2.19. The van der Waals surface area contributed by atoms with E-state index in [9.17, 15) is 4.79 Å². The molecule has 2 rings (SSSR count). The summed E-state index contributed by atoms with van der Waals surface area (Å²) in [6, 6.07) is 6.15. The lowest BCUT2D eigenvalue weighted by atomic mass is 10.1. The summed E-state index contributed by atoms with van der Waals surface area (Å²) in [7, 11) is 0. The molecule has 20 heavy (non-hydrogen) atoms. The van der Waals surface area contributed by atoms with Gasteiger partial charge in [0.15, 0.2) is 0 Å². The summed E-state index contributed by atoms with van der Waals surface area (Å²) in [4.78, 5) is 17.5. The van der Waals surface area contributed by atoms with Gasteiger partial charge in [0.25, 0.3) is 5.91 Å². The zero-order valence-corrected chi connectivity index (χ0v) is 12.1. The lowest BCUT2D eigenvalue weighted by Crippen LogP contribution is -2.32. The van der Waals surface area contributed by atoms with Gasteiger partial charge in [0.2, 0.25) is 0 Å². The summed E-state index contributed by atoms with van der Waals surface area (Å²) >= 11 is 0. The second-order valence-corrected chi connectivity index (χ2v) is 4.96. The first-order valence-corrected chi connectivity index (χ1v) is 6.68. The van der Waals surface area contributed by atoms with Crippen LogP contribution in [0.5, 0.6) is 0 Å². The van der Waals surface area contributed by atoms with Gasteiger partial charge in [-0.3, -0.25) is 4.79 Å². The number of hydrogen-bond donors (Lipinski definition) is 1. The molecule has 0 aliphatic heterocycles. The van der Waals surface area contributed by atoms with E-state index in [1.807, 2.05) is 19.1 Å². The number of fused-ring (bicyclic) bond motifs is 1. The molecule has 0 bridgehead atoms. The molecule has 1 aromatic carbocycles. The lowest BCUT2D eigenvalue weighted by molar-refractivity contribution is 0.0785. The second kappa shape index (κ2) is 5.78. The normalized spacial score (nSPS) is 10.5. The topological polar surface area (TPSA) is 36.1 Å². The maximum Gasteiger partial charge on any atom is 0.271 e. The highest BCUT2D eigenvalue weighted by Crippen LogP contribution is 2.23. The quantitative estimate of drug-likeness (QED) is 0.826. The molecule has 1 amide bonds. The summed E-state index contributed by atoms with van der Waals surface area (Å²) in [6.45, 7) is 12.4. The molecular formula is C17H20N2O. The molecule has 0 aliphatic rings. The number of carbonyl (C=O) groups is 1. The van der Waals surface area contributed by atoms with E-state index in [0.29, 0.717) is 18.8 Å². The molecular weight excluding hydrogens is 248 g/mol. The van der Waals surface area contributed by atoms with Gasteiger partial charge in [-0.2, -0.15) is 0 Å². The summed E-state index contributed by atoms with van der Waals surface area (Å²) in [5.74, 6) is -0.0175. The van der Waals surface area contributed by atoms with Gasteiger partial charge in [0, 0.05) is 24.0 Å². The van der Waals surface area contributed by atoms with Crippen LogP contribution < -0.4 is 0 Å². The summed E-state index contributed by atoms with van der Waals surface area (Å²) in [5.41, 5.74) is 3.82. The van der Waals surface area contributed by atoms with Crippen molar-refractivity contribution in [3.05, 3.63) is 60.3 Å². The number of nitrogens with zero attached hydrogens (tertiary/aromatic N) is 1. The van der Waals surface area contributed by atoms with Crippen molar-refractivity contribution < 1.29 is 4.79 Å². The second-order valence-electron chi connectivity index (χ2n) is 4.96. The number of rotatable bonds is 5. The first-order valence-electron chi connectivity index (χ1n) is 6.68. The van der Waals surface area contributed by atoms with Crippen LogP contribution in [0.4, 0.5) is 0 Å². The molecule has 0 saturated carbocycles. The van der Waals surface area contributed by atoms with Gasteiger partial charge in [-0.25, -0.2) is 0 Å². The Morgan fingerprint density at radius 3 is 2.50 bits per heavy atom. The Bertz CT molecular complexity index is 657. The monoisotopic (exact) mass is 268 g/mol. The van der Waals surface area contributed by atoms with E-state index in [-0.39, 0.29) is 5.91 Å². The molecule has 0 aliphatic carbocycles. The number of aromatic nitrogens is 1. The summed E-state index contributed by atoms with van der Waals surface area (Å²) < 4.78 is 0. The molecule has 0 atom stereocenters. The molecule has 3 nitrogen and oxygen atoms in total. The van der Waals surface area contributed by atoms with Gasteiger partial charge in [0.05, 0.1) is 0 Å². The van der Waals surface area contributed by atoms with E-state index >= 15 is 0 Å². The van der Waals surface area contributed by atoms with Gasteiger partial charge >= 0.3 is 0 Å². The highest BCUT2D eigenvalue weighted by atomic mass is 16.2. The van der Waals surface area contributed by atoms with Crippen LogP contribution in [0.25, 0.3) is 10.9 Å². The Morgan fingerprint density at radius 1 is 1.25 bits per heavy atom. The average Bonchev–Trinajstić information content (AvgIpc) is 2.75. The van der Waals surface area contributed by atoms with Crippen LogP contribution in [0, 0.1) is 13.8 Å². The summed E-state index contributed by atoms with van der Waals surface area (Å²) in [6.07, 6.45) is 3.45. The van der Waals surface area contributed by atoms with Gasteiger partial charge in [0.1, 0.15) is 5.69 Å². The number of hydrogen-bond acceptors (Lipinski definition) is 1. The maximum atomic E-state index is 12.6.